The van der Waals surface area contributed by atoms with Gasteiger partial charge in [0, 0.05) is 21.8 Å². The summed E-state index contributed by atoms with van der Waals surface area (Å²) in [6.07, 6.45) is 0.951. The Balaban J connectivity index is 1.81. The number of benzene rings is 2. The molecular formula is C23H24BrN5O. The fourth-order valence-corrected chi connectivity index (χ4v) is 3.88. The molecule has 6 nitrogen and oxygen atoms in total. The van der Waals surface area contributed by atoms with Crippen molar-refractivity contribution in [2.75, 3.05) is 5.01 Å². The van der Waals surface area contributed by atoms with Crippen LogP contribution in [0.2, 0.25) is 0 Å². The van der Waals surface area contributed by atoms with Gasteiger partial charge in [-0.25, -0.2) is 4.99 Å². The minimum Gasteiger partial charge on any atom is -0.301 e. The fraction of sp³-hybridized carbons (Fsp3) is 0.261. The molecule has 2 N–H and O–H groups in total. The van der Waals surface area contributed by atoms with Crippen LogP contribution in [0.5, 0.6) is 0 Å². The summed E-state index contributed by atoms with van der Waals surface area (Å²) >= 11 is 3.53. The lowest BCUT2D eigenvalue weighted by Gasteiger charge is -2.37. The van der Waals surface area contributed by atoms with Crippen LogP contribution in [0.3, 0.4) is 0 Å². The van der Waals surface area contributed by atoms with Crippen LogP contribution in [-0.2, 0) is 10.2 Å². The van der Waals surface area contributed by atoms with Crippen molar-refractivity contribution in [1.29, 1.82) is 0 Å². The van der Waals surface area contributed by atoms with Gasteiger partial charge in [-0.1, -0.05) is 54.9 Å². The van der Waals surface area contributed by atoms with E-state index in [1.165, 1.54) is 5.56 Å². The van der Waals surface area contributed by atoms with Crippen LogP contribution in [0.15, 0.2) is 58.0 Å². The van der Waals surface area contributed by atoms with E-state index >= 15 is 0 Å². The van der Waals surface area contributed by atoms with Gasteiger partial charge in [0.15, 0.2) is 11.7 Å². The molecule has 0 amide bonds. The summed E-state index contributed by atoms with van der Waals surface area (Å²) in [5.74, 6) is 1.21. The van der Waals surface area contributed by atoms with Crippen molar-refractivity contribution in [3.8, 4) is 0 Å². The highest BCUT2D eigenvalue weighted by Gasteiger charge is 2.31. The molecule has 0 radical (unpaired) electrons. The average Bonchev–Trinajstić information content (AvgIpc) is 3.12. The average molecular weight is 466 g/mol. The molecule has 0 aliphatic carbocycles. The van der Waals surface area contributed by atoms with Crippen LogP contribution in [-0.4, -0.2) is 22.3 Å². The second-order valence-electron chi connectivity index (χ2n) is 8.46. The van der Waals surface area contributed by atoms with Crippen molar-refractivity contribution >= 4 is 39.6 Å². The number of hydrogen-bond acceptors (Lipinski definition) is 4. The molecule has 2 heterocycles. The summed E-state index contributed by atoms with van der Waals surface area (Å²) in [6, 6.07) is 15.5. The molecule has 0 saturated carbocycles. The Kier molecular flexibility index (Phi) is 5.24. The number of H-pyrrole nitrogens is 1. The number of aryl methyl sites for hydroxylation is 1. The first-order valence-corrected chi connectivity index (χ1v) is 10.6. The lowest BCUT2D eigenvalue weighted by Crippen LogP contribution is -2.50. The third kappa shape index (κ3) is 3.89. The number of carbonyl (C=O) groups excluding carboxylic acids is 1. The van der Waals surface area contributed by atoms with Crippen LogP contribution in [0.4, 0.5) is 11.5 Å². The molecule has 0 bridgehead atoms. The second kappa shape index (κ2) is 7.72. The van der Waals surface area contributed by atoms with Crippen LogP contribution >= 0.6 is 15.9 Å². The summed E-state index contributed by atoms with van der Waals surface area (Å²) < 4.78 is 0.918. The van der Waals surface area contributed by atoms with Crippen molar-refractivity contribution in [3.05, 3.63) is 75.4 Å². The molecule has 30 heavy (non-hydrogen) atoms. The van der Waals surface area contributed by atoms with Gasteiger partial charge in [0.2, 0.25) is 0 Å². The highest BCUT2D eigenvalue weighted by Crippen LogP contribution is 2.34. The molecule has 1 aliphatic rings. The van der Waals surface area contributed by atoms with E-state index in [0.717, 1.165) is 33.3 Å². The molecule has 1 aromatic heterocycles. The number of anilines is 1. The van der Waals surface area contributed by atoms with Gasteiger partial charge in [-0.2, -0.15) is 5.10 Å². The van der Waals surface area contributed by atoms with Gasteiger partial charge in [-0.05, 0) is 47.7 Å². The van der Waals surface area contributed by atoms with E-state index in [-0.39, 0.29) is 5.41 Å². The molecule has 0 fully saturated rings. The zero-order valence-corrected chi connectivity index (χ0v) is 19.0. The molecule has 4 rings (SSSR count). The number of hydrogen-bond donors (Lipinski definition) is 2. The van der Waals surface area contributed by atoms with Crippen molar-refractivity contribution in [2.45, 2.75) is 39.2 Å². The number of rotatable bonds is 3. The number of fused-ring (bicyclic) bond motifs is 1. The molecular weight excluding hydrogens is 442 g/mol. The van der Waals surface area contributed by atoms with E-state index in [1.807, 2.05) is 48.3 Å². The van der Waals surface area contributed by atoms with E-state index in [1.54, 1.807) is 0 Å². The molecule has 1 unspecified atom stereocenters. The number of aromatic nitrogens is 2. The monoisotopic (exact) mass is 465 g/mol. The van der Waals surface area contributed by atoms with Crippen LogP contribution in [0.25, 0.3) is 0 Å². The molecule has 2 aromatic carbocycles. The highest BCUT2D eigenvalue weighted by molar-refractivity contribution is 9.10. The standard InChI is InChI=1S/C23H24BrN5O/c1-14-11-21(27-26-14)25-22-19-12-16(24)7-10-18(19)20(13-30)29(28-22)17-8-5-15(6-9-17)23(2,3)4/h5-13,20H,1-4H3,(H2,25,26,27,28). The number of amidine groups is 1. The van der Waals surface area contributed by atoms with Crippen LogP contribution in [0, 0.1) is 6.92 Å². The van der Waals surface area contributed by atoms with Gasteiger partial charge in [0.25, 0.3) is 0 Å². The fourth-order valence-electron chi connectivity index (χ4n) is 3.52. The van der Waals surface area contributed by atoms with Crippen molar-refractivity contribution in [3.63, 3.8) is 0 Å². The van der Waals surface area contributed by atoms with Gasteiger partial charge >= 0.3 is 0 Å². The SMILES string of the molecule is Cc1cc(N=C2NN(c3ccc(C(C)(C)C)cc3)C(C=O)c3ccc(Br)cc32)n[nH]1. The number of nitrogens with one attached hydrogen (secondary N) is 2. The Morgan fingerprint density at radius 2 is 1.87 bits per heavy atom. The molecule has 154 valence electrons. The summed E-state index contributed by atoms with van der Waals surface area (Å²) in [5, 5.41) is 9.00. The van der Waals surface area contributed by atoms with Crippen molar-refractivity contribution < 1.29 is 4.79 Å². The van der Waals surface area contributed by atoms with Crippen LogP contribution < -0.4 is 10.4 Å². The molecule has 1 aliphatic heterocycles. The predicted octanol–water partition coefficient (Wildman–Crippen LogP) is 5.12. The number of aromatic amines is 1. The zero-order chi connectivity index (χ0) is 21.5. The van der Waals surface area contributed by atoms with E-state index in [0.29, 0.717) is 11.7 Å². The summed E-state index contributed by atoms with van der Waals surface area (Å²) in [7, 11) is 0. The van der Waals surface area contributed by atoms with Gasteiger partial charge in [0.1, 0.15) is 12.3 Å². The Bertz CT molecular complexity index is 1110. The van der Waals surface area contributed by atoms with Gasteiger partial charge < -0.3 is 4.79 Å². The third-order valence-electron chi connectivity index (χ3n) is 5.15. The quantitative estimate of drug-likeness (QED) is 0.526. The van der Waals surface area contributed by atoms with E-state index < -0.39 is 6.04 Å². The lowest BCUT2D eigenvalue weighted by molar-refractivity contribution is -0.109. The number of aliphatic imine (C=N–C) groups is 1. The summed E-state index contributed by atoms with van der Waals surface area (Å²) in [6.45, 7) is 8.47. The maximum Gasteiger partial charge on any atom is 0.176 e. The maximum absolute atomic E-state index is 12.1. The van der Waals surface area contributed by atoms with Crippen LogP contribution in [0.1, 0.15) is 49.2 Å². The first-order chi connectivity index (χ1) is 14.3. The maximum atomic E-state index is 12.1. The molecule has 0 saturated heterocycles. The number of aldehydes is 1. The highest BCUT2D eigenvalue weighted by atomic mass is 79.9. The normalized spacial score (nSPS) is 17.6. The topological polar surface area (TPSA) is 73.4 Å². The number of halogens is 1. The zero-order valence-electron chi connectivity index (χ0n) is 17.4. The minimum absolute atomic E-state index is 0.0568. The Hall–Kier alpha value is -2.93. The van der Waals surface area contributed by atoms with Crippen molar-refractivity contribution in [1.82, 2.24) is 15.6 Å². The van der Waals surface area contributed by atoms with Crippen molar-refractivity contribution in [2.24, 2.45) is 4.99 Å². The van der Waals surface area contributed by atoms with E-state index in [4.69, 9.17) is 4.99 Å². The minimum atomic E-state index is -0.478. The number of carbonyl (C=O) groups is 1. The van der Waals surface area contributed by atoms with Gasteiger partial charge in [-0.15, -0.1) is 0 Å². The van der Waals surface area contributed by atoms with E-state index in [9.17, 15) is 4.79 Å². The largest absolute Gasteiger partial charge is 0.301 e. The molecule has 3 aromatic rings. The smallest absolute Gasteiger partial charge is 0.176 e. The Morgan fingerprint density at radius 3 is 2.47 bits per heavy atom. The van der Waals surface area contributed by atoms with Gasteiger partial charge in [0.05, 0.1) is 5.69 Å². The number of hydrazine groups is 1. The molecule has 1 atom stereocenters. The second-order valence-corrected chi connectivity index (χ2v) is 9.38. The first kappa shape index (κ1) is 20.3. The molecule has 0 spiro atoms. The number of nitrogens with zero attached hydrogens (tertiary/aromatic N) is 3. The van der Waals surface area contributed by atoms with Gasteiger partial charge in [-0.3, -0.25) is 15.5 Å². The summed E-state index contributed by atoms with van der Waals surface area (Å²) in [5.41, 5.74) is 8.21. The molecule has 7 heteroatoms. The Morgan fingerprint density at radius 1 is 1.13 bits per heavy atom. The predicted molar refractivity (Wildman–Crippen MR) is 123 cm³/mol. The third-order valence-corrected chi connectivity index (χ3v) is 5.65. The lowest BCUT2D eigenvalue weighted by atomic mass is 9.87. The van der Waals surface area contributed by atoms with E-state index in [2.05, 4.69) is 64.5 Å². The first-order valence-electron chi connectivity index (χ1n) is 9.78. The summed E-state index contributed by atoms with van der Waals surface area (Å²) in [4.78, 5) is 16.8. The Labute approximate surface area is 184 Å².